The van der Waals surface area contributed by atoms with Crippen LogP contribution in [-0.4, -0.2) is 54.8 Å². The number of fused-ring (bicyclic) bond motifs is 1. The van der Waals surface area contributed by atoms with Crippen molar-refractivity contribution in [2.75, 3.05) is 39.7 Å². The maximum atomic E-state index is 13.0. The molecule has 34 heavy (non-hydrogen) atoms. The van der Waals surface area contributed by atoms with E-state index in [1.165, 1.54) is 40.6 Å². The van der Waals surface area contributed by atoms with Crippen molar-refractivity contribution in [1.29, 1.82) is 0 Å². The zero-order chi connectivity index (χ0) is 24.1. The summed E-state index contributed by atoms with van der Waals surface area (Å²) in [5.41, 5.74) is 3.09. The number of hydrogen-bond acceptors (Lipinski definition) is 6. The molecular weight excluding hydrogens is 432 g/mol. The van der Waals surface area contributed by atoms with Crippen LogP contribution in [0, 0.1) is 0 Å². The second-order valence-electron chi connectivity index (χ2n) is 8.59. The van der Waals surface area contributed by atoms with Crippen LogP contribution in [0.4, 0.5) is 5.69 Å². The van der Waals surface area contributed by atoms with Crippen molar-refractivity contribution < 1.29 is 19.0 Å². The van der Waals surface area contributed by atoms with Gasteiger partial charge in [-0.05, 0) is 62.7 Å². The lowest BCUT2D eigenvalue weighted by molar-refractivity contribution is 0.102. The van der Waals surface area contributed by atoms with Crippen LogP contribution in [-0.2, 0) is 13.1 Å². The topological polar surface area (TPSA) is 77.9 Å². The van der Waals surface area contributed by atoms with Crippen LogP contribution in [0.3, 0.4) is 0 Å². The molecule has 0 atom stereocenters. The minimum absolute atomic E-state index is 0.264. The predicted octanol–water partition coefficient (Wildman–Crippen LogP) is 4.71. The molecule has 2 aromatic carbocycles. The Bertz CT molecular complexity index is 1130. The first-order chi connectivity index (χ1) is 16.6. The monoisotopic (exact) mass is 466 g/mol. The number of carbonyl (C=O) groups is 1. The smallest absolute Gasteiger partial charge is 0.255 e. The molecule has 0 unspecified atom stereocenters. The van der Waals surface area contributed by atoms with Crippen molar-refractivity contribution in [2.45, 2.75) is 45.7 Å². The van der Waals surface area contributed by atoms with Crippen LogP contribution >= 0.6 is 0 Å². The summed E-state index contributed by atoms with van der Waals surface area (Å²) < 4.78 is 18.4. The molecule has 182 valence electrons. The summed E-state index contributed by atoms with van der Waals surface area (Å²) >= 11 is 0. The normalized spacial score (nSPS) is 14.2. The van der Waals surface area contributed by atoms with E-state index in [9.17, 15) is 4.79 Å². The van der Waals surface area contributed by atoms with Gasteiger partial charge in [0.15, 0.2) is 11.5 Å². The Kier molecular flexibility index (Phi) is 7.57. The van der Waals surface area contributed by atoms with E-state index in [2.05, 4.69) is 21.7 Å². The third-order valence-corrected chi connectivity index (χ3v) is 6.27. The Morgan fingerprint density at radius 2 is 1.71 bits per heavy atom. The molecule has 1 aliphatic heterocycles. The van der Waals surface area contributed by atoms with Crippen molar-refractivity contribution in [3.8, 4) is 17.2 Å². The molecule has 0 spiro atoms. The quantitative estimate of drug-likeness (QED) is 0.492. The van der Waals surface area contributed by atoms with E-state index in [4.69, 9.17) is 19.2 Å². The van der Waals surface area contributed by atoms with E-state index in [0.29, 0.717) is 28.5 Å². The summed E-state index contributed by atoms with van der Waals surface area (Å²) in [5, 5.41) is 2.98. The van der Waals surface area contributed by atoms with Gasteiger partial charge >= 0.3 is 0 Å². The molecule has 4 rings (SSSR count). The lowest BCUT2D eigenvalue weighted by Gasteiger charge is -2.26. The molecule has 1 fully saturated rings. The first-order valence-electron chi connectivity index (χ1n) is 11.9. The number of amides is 1. The molecular formula is C26H34N4O4. The van der Waals surface area contributed by atoms with Crippen LogP contribution in [0.25, 0.3) is 11.0 Å². The minimum atomic E-state index is -0.264. The van der Waals surface area contributed by atoms with E-state index in [-0.39, 0.29) is 5.91 Å². The van der Waals surface area contributed by atoms with Gasteiger partial charge in [-0.1, -0.05) is 13.3 Å². The van der Waals surface area contributed by atoms with Crippen LogP contribution in [0.1, 0.15) is 48.8 Å². The molecule has 0 aliphatic carbocycles. The molecule has 1 saturated heterocycles. The van der Waals surface area contributed by atoms with Gasteiger partial charge in [0.25, 0.3) is 5.91 Å². The minimum Gasteiger partial charge on any atom is -0.493 e. The zero-order valence-corrected chi connectivity index (χ0v) is 20.5. The summed E-state index contributed by atoms with van der Waals surface area (Å²) in [6, 6.07) is 9.19. The van der Waals surface area contributed by atoms with Gasteiger partial charge in [0.05, 0.1) is 38.9 Å². The SMILES string of the molecule is CCCn1c(CN2CCCCC2)nc2cc(NC(=O)c3cc(OC)c(OC)c(OC)c3)ccc21. The van der Waals surface area contributed by atoms with Crippen molar-refractivity contribution >= 4 is 22.6 Å². The molecule has 1 N–H and O–H groups in total. The number of aromatic nitrogens is 2. The number of anilines is 1. The number of imidazole rings is 1. The Labute approximate surface area is 200 Å². The molecule has 8 nitrogen and oxygen atoms in total. The molecule has 1 amide bonds. The maximum absolute atomic E-state index is 13.0. The van der Waals surface area contributed by atoms with Crippen molar-refractivity contribution in [1.82, 2.24) is 14.5 Å². The molecule has 3 aromatic rings. The average molecular weight is 467 g/mol. The number of methoxy groups -OCH3 is 3. The number of rotatable bonds is 9. The Morgan fingerprint density at radius 3 is 2.32 bits per heavy atom. The van der Waals surface area contributed by atoms with Gasteiger partial charge in [-0.2, -0.15) is 0 Å². The van der Waals surface area contributed by atoms with Gasteiger partial charge in [0.2, 0.25) is 5.75 Å². The largest absolute Gasteiger partial charge is 0.493 e. The summed E-state index contributed by atoms with van der Waals surface area (Å²) in [6.45, 7) is 6.23. The number of hydrogen-bond donors (Lipinski definition) is 1. The number of nitrogens with one attached hydrogen (secondary N) is 1. The van der Waals surface area contributed by atoms with Crippen molar-refractivity contribution in [2.24, 2.45) is 0 Å². The van der Waals surface area contributed by atoms with Gasteiger partial charge in [0, 0.05) is 17.8 Å². The summed E-state index contributed by atoms with van der Waals surface area (Å²) in [6.07, 6.45) is 4.87. The lowest BCUT2D eigenvalue weighted by atomic mass is 10.1. The van der Waals surface area contributed by atoms with E-state index in [0.717, 1.165) is 49.5 Å². The number of aryl methyl sites for hydroxylation is 1. The Morgan fingerprint density at radius 1 is 1.00 bits per heavy atom. The lowest BCUT2D eigenvalue weighted by Crippen LogP contribution is -2.30. The second kappa shape index (κ2) is 10.8. The standard InChI is InChI=1S/C26H34N4O4/c1-5-11-30-21-10-9-19(16-20(21)28-24(30)17-29-12-7-6-8-13-29)27-26(31)18-14-22(32-2)25(34-4)23(15-18)33-3/h9-10,14-16H,5-8,11-13,17H2,1-4H3,(H,27,31). The highest BCUT2D eigenvalue weighted by Crippen LogP contribution is 2.38. The van der Waals surface area contributed by atoms with Crippen molar-refractivity contribution in [3.05, 3.63) is 41.7 Å². The molecule has 0 bridgehead atoms. The summed E-state index contributed by atoms with van der Waals surface area (Å²) in [7, 11) is 4.59. The van der Waals surface area contributed by atoms with Gasteiger partial charge in [-0.25, -0.2) is 4.98 Å². The average Bonchev–Trinajstić information content (AvgIpc) is 3.19. The number of carbonyl (C=O) groups excluding carboxylic acids is 1. The van der Waals surface area contributed by atoms with Crippen LogP contribution in [0.15, 0.2) is 30.3 Å². The highest BCUT2D eigenvalue weighted by Gasteiger charge is 2.19. The van der Waals surface area contributed by atoms with Gasteiger partial charge in [-0.3, -0.25) is 9.69 Å². The molecule has 1 aromatic heterocycles. The molecule has 8 heteroatoms. The molecule has 0 saturated carbocycles. The zero-order valence-electron chi connectivity index (χ0n) is 20.5. The number of nitrogens with zero attached hydrogens (tertiary/aromatic N) is 3. The third-order valence-electron chi connectivity index (χ3n) is 6.27. The molecule has 0 radical (unpaired) electrons. The molecule has 1 aliphatic rings. The van der Waals surface area contributed by atoms with E-state index < -0.39 is 0 Å². The van der Waals surface area contributed by atoms with Gasteiger partial charge < -0.3 is 24.1 Å². The first-order valence-corrected chi connectivity index (χ1v) is 11.9. The highest BCUT2D eigenvalue weighted by atomic mass is 16.5. The van der Waals surface area contributed by atoms with Crippen LogP contribution < -0.4 is 19.5 Å². The fourth-order valence-corrected chi connectivity index (χ4v) is 4.58. The van der Waals surface area contributed by atoms with Crippen LogP contribution in [0.5, 0.6) is 17.2 Å². The first kappa shape index (κ1) is 23.9. The van der Waals surface area contributed by atoms with Crippen LogP contribution in [0.2, 0.25) is 0 Å². The number of likely N-dealkylation sites (tertiary alicyclic amines) is 1. The Balaban J connectivity index is 1.59. The summed E-state index contributed by atoms with van der Waals surface area (Å²) in [4.78, 5) is 20.5. The second-order valence-corrected chi connectivity index (χ2v) is 8.59. The predicted molar refractivity (Wildman–Crippen MR) is 133 cm³/mol. The summed E-state index contributed by atoms with van der Waals surface area (Å²) in [5.74, 6) is 2.14. The Hall–Kier alpha value is -3.26. The third kappa shape index (κ3) is 4.97. The highest BCUT2D eigenvalue weighted by molar-refractivity contribution is 6.05. The molecule has 2 heterocycles. The number of ether oxygens (including phenoxy) is 3. The van der Waals surface area contributed by atoms with Crippen molar-refractivity contribution in [3.63, 3.8) is 0 Å². The van der Waals surface area contributed by atoms with E-state index in [1.54, 1.807) is 12.1 Å². The van der Waals surface area contributed by atoms with Gasteiger partial charge in [-0.15, -0.1) is 0 Å². The fourth-order valence-electron chi connectivity index (χ4n) is 4.58. The van der Waals surface area contributed by atoms with E-state index in [1.807, 2.05) is 18.2 Å². The van der Waals surface area contributed by atoms with Gasteiger partial charge in [0.1, 0.15) is 5.82 Å². The fraction of sp³-hybridized carbons (Fsp3) is 0.462. The van der Waals surface area contributed by atoms with E-state index >= 15 is 0 Å². The maximum Gasteiger partial charge on any atom is 0.255 e. The number of benzene rings is 2. The number of piperidine rings is 1.